The number of alkyl halides is 3. The molecule has 1 unspecified atom stereocenters. The fourth-order valence-corrected chi connectivity index (χ4v) is 2.20. The van der Waals surface area contributed by atoms with Gasteiger partial charge in [-0.05, 0) is 30.0 Å². The van der Waals surface area contributed by atoms with Crippen molar-refractivity contribution in [2.45, 2.75) is 52.3 Å². The van der Waals surface area contributed by atoms with Gasteiger partial charge in [-0.2, -0.15) is 13.2 Å². The molecular formula is C16H24F3NO. The summed E-state index contributed by atoms with van der Waals surface area (Å²) in [6.07, 6.45) is -0.171. The topological polar surface area (TPSA) is 35.2 Å². The number of halogens is 3. The number of hydrogen-bond donors (Lipinski definition) is 1. The van der Waals surface area contributed by atoms with Gasteiger partial charge in [0.1, 0.15) is 5.75 Å². The number of hydrogen-bond acceptors (Lipinski definition) is 2. The standard InChI is InChI=1S/C16H24F3NO/c1-3-5-6-12(4-2)11-21-14-8-7-13(10-20)15(9-14)16(17,18)19/h7-9,12H,3-6,10-11,20H2,1-2H3. The molecule has 2 nitrogen and oxygen atoms in total. The highest BCUT2D eigenvalue weighted by Gasteiger charge is 2.33. The number of unbranched alkanes of at least 4 members (excludes halogenated alkanes) is 1. The van der Waals surface area contributed by atoms with Crippen LogP contribution in [0, 0.1) is 5.92 Å². The molecule has 21 heavy (non-hydrogen) atoms. The van der Waals surface area contributed by atoms with E-state index in [0.717, 1.165) is 31.7 Å². The smallest absolute Gasteiger partial charge is 0.416 e. The van der Waals surface area contributed by atoms with Crippen molar-refractivity contribution in [1.29, 1.82) is 0 Å². The normalized spacial score (nSPS) is 13.2. The van der Waals surface area contributed by atoms with E-state index in [1.54, 1.807) is 6.07 Å². The zero-order valence-corrected chi connectivity index (χ0v) is 12.7. The molecule has 0 saturated heterocycles. The predicted molar refractivity (Wildman–Crippen MR) is 78.1 cm³/mol. The van der Waals surface area contributed by atoms with Crippen LogP contribution in [0.5, 0.6) is 5.75 Å². The van der Waals surface area contributed by atoms with Gasteiger partial charge in [0.2, 0.25) is 0 Å². The molecule has 5 heteroatoms. The van der Waals surface area contributed by atoms with Gasteiger partial charge in [-0.1, -0.05) is 39.2 Å². The average Bonchev–Trinajstić information content (AvgIpc) is 2.46. The van der Waals surface area contributed by atoms with Gasteiger partial charge in [0, 0.05) is 6.54 Å². The molecule has 0 bridgehead atoms. The van der Waals surface area contributed by atoms with E-state index in [2.05, 4.69) is 13.8 Å². The Morgan fingerprint density at radius 3 is 2.48 bits per heavy atom. The zero-order chi connectivity index (χ0) is 15.9. The summed E-state index contributed by atoms with van der Waals surface area (Å²) in [6.45, 7) is 4.51. The molecule has 1 atom stereocenters. The first-order chi connectivity index (χ1) is 9.92. The lowest BCUT2D eigenvalue weighted by Gasteiger charge is -2.17. The summed E-state index contributed by atoms with van der Waals surface area (Å²) in [5.41, 5.74) is 4.74. The van der Waals surface area contributed by atoms with E-state index in [4.69, 9.17) is 10.5 Å². The van der Waals surface area contributed by atoms with Crippen molar-refractivity contribution in [3.05, 3.63) is 29.3 Å². The summed E-state index contributed by atoms with van der Waals surface area (Å²) in [6, 6.07) is 4.00. The SMILES string of the molecule is CCCCC(CC)COc1ccc(CN)c(C(F)(F)F)c1. The third kappa shape index (κ3) is 5.58. The van der Waals surface area contributed by atoms with E-state index < -0.39 is 11.7 Å². The lowest BCUT2D eigenvalue weighted by Crippen LogP contribution is -2.14. The highest BCUT2D eigenvalue weighted by Crippen LogP contribution is 2.34. The molecule has 0 saturated carbocycles. The molecule has 0 aliphatic rings. The quantitative estimate of drug-likeness (QED) is 0.751. The van der Waals surface area contributed by atoms with Crippen LogP contribution < -0.4 is 10.5 Å². The monoisotopic (exact) mass is 303 g/mol. The van der Waals surface area contributed by atoms with Gasteiger partial charge in [0.05, 0.1) is 12.2 Å². The summed E-state index contributed by atoms with van der Waals surface area (Å²) in [5.74, 6) is 0.642. The molecule has 0 spiro atoms. The molecule has 0 radical (unpaired) electrons. The average molecular weight is 303 g/mol. The Kier molecular flexibility index (Phi) is 7.02. The summed E-state index contributed by atoms with van der Waals surface area (Å²) < 4.78 is 44.4. The number of benzene rings is 1. The van der Waals surface area contributed by atoms with Gasteiger partial charge < -0.3 is 10.5 Å². The first kappa shape index (κ1) is 17.8. The largest absolute Gasteiger partial charge is 0.493 e. The maximum atomic E-state index is 12.9. The molecule has 0 aromatic heterocycles. The van der Waals surface area contributed by atoms with Crippen molar-refractivity contribution in [1.82, 2.24) is 0 Å². The molecule has 1 rings (SSSR count). The lowest BCUT2D eigenvalue weighted by atomic mass is 10.0. The fourth-order valence-electron chi connectivity index (χ4n) is 2.20. The van der Waals surface area contributed by atoms with E-state index in [9.17, 15) is 13.2 Å². The maximum absolute atomic E-state index is 12.9. The Labute approximate surface area is 124 Å². The van der Waals surface area contributed by atoms with Crippen molar-refractivity contribution in [3.8, 4) is 5.75 Å². The first-order valence-corrected chi connectivity index (χ1v) is 7.45. The van der Waals surface area contributed by atoms with Crippen LogP contribution in [0.3, 0.4) is 0 Å². The van der Waals surface area contributed by atoms with Gasteiger partial charge in [0.25, 0.3) is 0 Å². The second-order valence-corrected chi connectivity index (χ2v) is 5.25. The fraction of sp³-hybridized carbons (Fsp3) is 0.625. The van der Waals surface area contributed by atoms with E-state index in [0.29, 0.717) is 12.5 Å². The third-order valence-electron chi connectivity index (χ3n) is 3.64. The minimum absolute atomic E-state index is 0.0906. The van der Waals surface area contributed by atoms with Crippen LogP contribution in [-0.2, 0) is 12.7 Å². The highest BCUT2D eigenvalue weighted by atomic mass is 19.4. The van der Waals surface area contributed by atoms with Crippen molar-refractivity contribution in [2.75, 3.05) is 6.61 Å². The Balaban J connectivity index is 2.76. The molecule has 0 fully saturated rings. The number of ether oxygens (including phenoxy) is 1. The van der Waals surface area contributed by atoms with Gasteiger partial charge in [-0.3, -0.25) is 0 Å². The van der Waals surface area contributed by atoms with Crippen LogP contribution in [0.15, 0.2) is 18.2 Å². The Morgan fingerprint density at radius 1 is 1.24 bits per heavy atom. The van der Waals surface area contributed by atoms with Crippen molar-refractivity contribution >= 4 is 0 Å². The van der Waals surface area contributed by atoms with E-state index in [1.165, 1.54) is 6.07 Å². The molecule has 0 heterocycles. The molecule has 0 aliphatic heterocycles. The van der Waals surface area contributed by atoms with E-state index >= 15 is 0 Å². The van der Waals surface area contributed by atoms with Crippen molar-refractivity contribution < 1.29 is 17.9 Å². The Morgan fingerprint density at radius 2 is 1.95 bits per heavy atom. The van der Waals surface area contributed by atoms with Crippen LogP contribution >= 0.6 is 0 Å². The van der Waals surface area contributed by atoms with Gasteiger partial charge >= 0.3 is 6.18 Å². The second kappa shape index (κ2) is 8.27. The van der Waals surface area contributed by atoms with Crippen LogP contribution in [0.2, 0.25) is 0 Å². The summed E-state index contributed by atoms with van der Waals surface area (Å²) in [5, 5.41) is 0. The van der Waals surface area contributed by atoms with Crippen molar-refractivity contribution in [2.24, 2.45) is 11.7 Å². The number of rotatable bonds is 8. The van der Waals surface area contributed by atoms with Gasteiger partial charge in [-0.15, -0.1) is 0 Å². The van der Waals surface area contributed by atoms with Crippen LogP contribution in [0.1, 0.15) is 50.7 Å². The number of nitrogens with two attached hydrogens (primary N) is 1. The lowest BCUT2D eigenvalue weighted by molar-refractivity contribution is -0.138. The van der Waals surface area contributed by atoms with E-state index in [1.807, 2.05) is 0 Å². The summed E-state index contributed by atoms with van der Waals surface area (Å²) >= 11 is 0. The minimum Gasteiger partial charge on any atom is -0.493 e. The highest BCUT2D eigenvalue weighted by molar-refractivity contribution is 5.37. The Hall–Kier alpha value is -1.23. The summed E-state index contributed by atoms with van der Waals surface area (Å²) in [7, 11) is 0. The van der Waals surface area contributed by atoms with Crippen LogP contribution in [0.4, 0.5) is 13.2 Å². The Bertz CT molecular complexity index is 432. The molecule has 1 aromatic carbocycles. The van der Waals surface area contributed by atoms with Crippen LogP contribution in [0.25, 0.3) is 0 Å². The molecule has 120 valence electrons. The maximum Gasteiger partial charge on any atom is 0.416 e. The summed E-state index contributed by atoms with van der Waals surface area (Å²) in [4.78, 5) is 0. The molecule has 0 amide bonds. The molecule has 2 N–H and O–H groups in total. The van der Waals surface area contributed by atoms with Crippen molar-refractivity contribution in [3.63, 3.8) is 0 Å². The predicted octanol–water partition coefficient (Wildman–Crippen LogP) is 4.76. The molecule has 1 aromatic rings. The van der Waals surface area contributed by atoms with Gasteiger partial charge in [0.15, 0.2) is 0 Å². The molecule has 0 aliphatic carbocycles. The third-order valence-corrected chi connectivity index (χ3v) is 3.64. The van der Waals surface area contributed by atoms with E-state index in [-0.39, 0.29) is 17.9 Å². The zero-order valence-electron chi connectivity index (χ0n) is 12.7. The van der Waals surface area contributed by atoms with Crippen LogP contribution in [-0.4, -0.2) is 6.61 Å². The minimum atomic E-state index is -4.40. The van der Waals surface area contributed by atoms with Gasteiger partial charge in [-0.25, -0.2) is 0 Å². The second-order valence-electron chi connectivity index (χ2n) is 5.25. The molecular weight excluding hydrogens is 279 g/mol. The first-order valence-electron chi connectivity index (χ1n) is 7.45.